The Kier molecular flexibility index (Phi) is 8.78. The van der Waals surface area contributed by atoms with Gasteiger partial charge >= 0.3 is 0 Å². The molecule has 1 saturated heterocycles. The highest BCUT2D eigenvalue weighted by atomic mass is 32.2. The predicted molar refractivity (Wildman–Crippen MR) is 102 cm³/mol. The second kappa shape index (κ2) is 10.9. The van der Waals surface area contributed by atoms with Crippen molar-refractivity contribution in [3.8, 4) is 0 Å². The van der Waals surface area contributed by atoms with E-state index in [1.165, 1.54) is 19.4 Å². The molecular formula is C16H29N5S2. The molecule has 1 unspecified atom stereocenters. The Morgan fingerprint density at radius 2 is 2.39 bits per heavy atom. The van der Waals surface area contributed by atoms with Crippen molar-refractivity contribution in [2.24, 2.45) is 4.99 Å². The van der Waals surface area contributed by atoms with E-state index in [9.17, 15) is 0 Å². The number of hydrogen-bond acceptors (Lipinski definition) is 5. The number of nitrogens with one attached hydrogen (secondary N) is 2. The standard InChI is InChI=1S/C16H29N5S2/c1-3-17-15(20-13-14-7-5-10-21(14)4-2)18-8-6-11-22-16-19-9-12-23-16/h9,12,14H,3-8,10-11,13H2,1-2H3,(H2,17,18,20). The molecule has 0 saturated carbocycles. The summed E-state index contributed by atoms with van der Waals surface area (Å²) in [6, 6.07) is 0.621. The molecule has 23 heavy (non-hydrogen) atoms. The molecular weight excluding hydrogens is 326 g/mol. The number of likely N-dealkylation sites (tertiary alicyclic amines) is 1. The van der Waals surface area contributed by atoms with Gasteiger partial charge in [-0.15, -0.1) is 11.3 Å². The third-order valence-electron chi connectivity index (χ3n) is 3.96. The van der Waals surface area contributed by atoms with Crippen LogP contribution in [0.3, 0.4) is 0 Å². The lowest BCUT2D eigenvalue weighted by atomic mass is 10.2. The van der Waals surface area contributed by atoms with Gasteiger partial charge in [-0.3, -0.25) is 9.89 Å². The van der Waals surface area contributed by atoms with Crippen LogP contribution in [0.15, 0.2) is 20.9 Å². The van der Waals surface area contributed by atoms with Gasteiger partial charge < -0.3 is 10.6 Å². The summed E-state index contributed by atoms with van der Waals surface area (Å²) in [4.78, 5) is 11.6. The zero-order valence-electron chi connectivity index (χ0n) is 14.3. The maximum absolute atomic E-state index is 4.78. The molecule has 0 radical (unpaired) electrons. The van der Waals surface area contributed by atoms with Gasteiger partial charge in [0, 0.05) is 36.5 Å². The van der Waals surface area contributed by atoms with Gasteiger partial charge in [-0.1, -0.05) is 18.7 Å². The van der Waals surface area contributed by atoms with E-state index in [1.807, 2.05) is 23.3 Å². The molecule has 0 amide bonds. The molecule has 2 heterocycles. The average molecular weight is 356 g/mol. The fraction of sp³-hybridized carbons (Fsp3) is 0.750. The Labute approximate surface area is 148 Å². The van der Waals surface area contributed by atoms with Crippen LogP contribution in [0.5, 0.6) is 0 Å². The summed E-state index contributed by atoms with van der Waals surface area (Å²) < 4.78 is 1.16. The van der Waals surface area contributed by atoms with Crippen molar-refractivity contribution in [3.63, 3.8) is 0 Å². The first-order chi connectivity index (χ1) is 11.3. The average Bonchev–Trinajstić information content (AvgIpc) is 3.23. The van der Waals surface area contributed by atoms with Crippen molar-refractivity contribution in [3.05, 3.63) is 11.6 Å². The Bertz CT molecular complexity index is 449. The third kappa shape index (κ3) is 6.69. The van der Waals surface area contributed by atoms with Gasteiger partial charge in [-0.25, -0.2) is 4.98 Å². The van der Waals surface area contributed by atoms with Crippen molar-refractivity contribution < 1.29 is 0 Å². The molecule has 1 aliphatic heterocycles. The van der Waals surface area contributed by atoms with Crippen LogP contribution in [-0.4, -0.2) is 60.4 Å². The van der Waals surface area contributed by atoms with Gasteiger partial charge in [0.1, 0.15) is 4.34 Å². The molecule has 1 atom stereocenters. The van der Waals surface area contributed by atoms with Crippen LogP contribution in [0.1, 0.15) is 33.1 Å². The van der Waals surface area contributed by atoms with Crippen LogP contribution >= 0.6 is 23.1 Å². The minimum absolute atomic E-state index is 0.621. The van der Waals surface area contributed by atoms with E-state index < -0.39 is 0 Å². The molecule has 5 nitrogen and oxygen atoms in total. The summed E-state index contributed by atoms with van der Waals surface area (Å²) in [6.45, 7) is 9.48. The van der Waals surface area contributed by atoms with Gasteiger partial charge in [-0.05, 0) is 39.3 Å². The molecule has 0 aliphatic carbocycles. The first kappa shape index (κ1) is 18.5. The lowest BCUT2D eigenvalue weighted by Gasteiger charge is -2.21. The molecule has 0 bridgehead atoms. The van der Waals surface area contributed by atoms with Gasteiger partial charge in [-0.2, -0.15) is 0 Å². The van der Waals surface area contributed by atoms with Crippen molar-refractivity contribution in [1.82, 2.24) is 20.5 Å². The van der Waals surface area contributed by atoms with Crippen LogP contribution in [0.25, 0.3) is 0 Å². The number of rotatable bonds is 9. The first-order valence-corrected chi connectivity index (χ1v) is 10.5. The predicted octanol–water partition coefficient (Wildman–Crippen LogP) is 2.66. The summed E-state index contributed by atoms with van der Waals surface area (Å²) >= 11 is 3.54. The Morgan fingerprint density at radius 3 is 3.13 bits per heavy atom. The fourth-order valence-corrected chi connectivity index (χ4v) is 4.42. The van der Waals surface area contributed by atoms with Crippen LogP contribution in [-0.2, 0) is 0 Å². The lowest BCUT2D eigenvalue weighted by Crippen LogP contribution is -2.39. The van der Waals surface area contributed by atoms with Gasteiger partial charge in [0.25, 0.3) is 0 Å². The van der Waals surface area contributed by atoms with E-state index >= 15 is 0 Å². The maximum atomic E-state index is 4.78. The number of nitrogens with zero attached hydrogens (tertiary/aromatic N) is 3. The molecule has 1 aromatic rings. The number of guanidine groups is 1. The van der Waals surface area contributed by atoms with E-state index in [0.29, 0.717) is 6.04 Å². The van der Waals surface area contributed by atoms with Crippen molar-refractivity contribution >= 4 is 29.1 Å². The number of hydrogen-bond donors (Lipinski definition) is 2. The Balaban J connectivity index is 1.66. The highest BCUT2D eigenvalue weighted by Crippen LogP contribution is 2.20. The first-order valence-electron chi connectivity index (χ1n) is 8.62. The summed E-state index contributed by atoms with van der Waals surface area (Å²) in [7, 11) is 0. The van der Waals surface area contributed by atoms with Crippen molar-refractivity contribution in [2.45, 2.75) is 43.5 Å². The highest BCUT2D eigenvalue weighted by molar-refractivity contribution is 8.00. The number of thioether (sulfide) groups is 1. The van der Waals surface area contributed by atoms with Crippen molar-refractivity contribution in [1.29, 1.82) is 0 Å². The Hall–Kier alpha value is -0.790. The quantitative estimate of drug-likeness (QED) is 0.309. The third-order valence-corrected chi connectivity index (χ3v) is 6.01. The van der Waals surface area contributed by atoms with E-state index in [4.69, 9.17) is 4.99 Å². The zero-order chi connectivity index (χ0) is 16.3. The smallest absolute Gasteiger partial charge is 0.191 e. The number of thiazole rings is 1. The molecule has 1 aliphatic rings. The second-order valence-corrected chi connectivity index (χ2v) is 7.81. The van der Waals surface area contributed by atoms with E-state index in [0.717, 1.165) is 48.7 Å². The Morgan fingerprint density at radius 1 is 1.48 bits per heavy atom. The second-order valence-electron chi connectivity index (χ2n) is 5.57. The van der Waals surface area contributed by atoms with Gasteiger partial charge in [0.2, 0.25) is 0 Å². The minimum Gasteiger partial charge on any atom is -0.357 e. The zero-order valence-corrected chi connectivity index (χ0v) is 15.9. The molecule has 1 aromatic heterocycles. The lowest BCUT2D eigenvalue weighted by molar-refractivity contribution is 0.273. The number of aliphatic imine (C=N–C) groups is 1. The van der Waals surface area contributed by atoms with E-state index in [1.54, 1.807) is 11.3 Å². The van der Waals surface area contributed by atoms with Crippen LogP contribution in [0, 0.1) is 0 Å². The SMILES string of the molecule is CCNC(=NCC1CCCN1CC)NCCCSc1nccs1. The molecule has 1 fully saturated rings. The number of likely N-dealkylation sites (N-methyl/N-ethyl adjacent to an activating group) is 1. The minimum atomic E-state index is 0.621. The molecule has 0 aromatic carbocycles. The molecule has 130 valence electrons. The monoisotopic (exact) mass is 355 g/mol. The van der Waals surface area contributed by atoms with Gasteiger partial charge in [0.15, 0.2) is 5.96 Å². The summed E-state index contributed by atoms with van der Waals surface area (Å²) in [5.41, 5.74) is 0. The van der Waals surface area contributed by atoms with Crippen LogP contribution in [0.4, 0.5) is 0 Å². The van der Waals surface area contributed by atoms with Gasteiger partial charge in [0.05, 0.1) is 6.54 Å². The summed E-state index contributed by atoms with van der Waals surface area (Å²) in [6.07, 6.45) is 5.57. The normalized spacial score (nSPS) is 19.2. The van der Waals surface area contributed by atoms with Crippen LogP contribution < -0.4 is 10.6 Å². The molecule has 0 spiro atoms. The van der Waals surface area contributed by atoms with Crippen LogP contribution in [0.2, 0.25) is 0 Å². The number of aromatic nitrogens is 1. The fourth-order valence-electron chi connectivity index (χ4n) is 2.78. The highest BCUT2D eigenvalue weighted by Gasteiger charge is 2.22. The summed E-state index contributed by atoms with van der Waals surface area (Å²) in [5, 5.41) is 8.82. The largest absolute Gasteiger partial charge is 0.357 e. The van der Waals surface area contributed by atoms with E-state index in [2.05, 4.69) is 34.4 Å². The molecule has 7 heteroatoms. The maximum Gasteiger partial charge on any atom is 0.191 e. The topological polar surface area (TPSA) is 52.6 Å². The van der Waals surface area contributed by atoms with Crippen molar-refractivity contribution in [2.75, 3.05) is 38.5 Å². The summed E-state index contributed by atoms with van der Waals surface area (Å²) in [5.74, 6) is 2.04. The molecule has 2 N–H and O–H groups in total. The van der Waals surface area contributed by atoms with E-state index in [-0.39, 0.29) is 0 Å². The molecule has 2 rings (SSSR count).